The lowest BCUT2D eigenvalue weighted by atomic mass is 9.95. The van der Waals surface area contributed by atoms with Gasteiger partial charge >= 0.3 is 0 Å². The predicted molar refractivity (Wildman–Crippen MR) is 88.0 cm³/mol. The number of benzene rings is 1. The van der Waals surface area contributed by atoms with E-state index >= 15 is 0 Å². The van der Waals surface area contributed by atoms with E-state index in [9.17, 15) is 4.79 Å². The van der Waals surface area contributed by atoms with Crippen LogP contribution in [0.15, 0.2) is 30.3 Å². The molecule has 0 bridgehead atoms. The third kappa shape index (κ3) is 5.56. The summed E-state index contributed by atoms with van der Waals surface area (Å²) >= 11 is 0. The maximum absolute atomic E-state index is 12.0. The molecule has 0 saturated carbocycles. The van der Waals surface area contributed by atoms with Gasteiger partial charge in [0.2, 0.25) is 5.91 Å². The van der Waals surface area contributed by atoms with E-state index in [1.165, 1.54) is 5.69 Å². The van der Waals surface area contributed by atoms with Crippen LogP contribution in [0, 0.1) is 5.92 Å². The number of nitrogens with one attached hydrogen (secondary N) is 1. The Bertz CT molecular complexity index is 406. The van der Waals surface area contributed by atoms with E-state index in [1.54, 1.807) is 0 Å². The summed E-state index contributed by atoms with van der Waals surface area (Å²) in [4.78, 5) is 14.4. The summed E-state index contributed by atoms with van der Waals surface area (Å²) in [6, 6.07) is 10.4. The van der Waals surface area contributed by atoms with Crippen molar-refractivity contribution < 1.29 is 9.90 Å². The first kappa shape index (κ1) is 17.8. The number of hydrogen-bond acceptors (Lipinski definition) is 3. The summed E-state index contributed by atoms with van der Waals surface area (Å²) in [5.74, 6) is 0.319. The number of anilines is 1. The van der Waals surface area contributed by atoms with E-state index in [0.717, 1.165) is 38.8 Å². The highest BCUT2D eigenvalue weighted by molar-refractivity contribution is 5.85. The quantitative estimate of drug-likeness (QED) is 0.792. The standard InChI is InChI=1S/C16H24N2O2.ClH/c19-13-5-4-10-17-16(20)14-8-11-18(12-9-14)15-6-2-1-3-7-15;/h1-3,6-7,14,19H,4-5,8-13H2,(H,17,20);1H. The minimum atomic E-state index is 0. The lowest BCUT2D eigenvalue weighted by molar-refractivity contribution is -0.125. The van der Waals surface area contributed by atoms with Gasteiger partial charge in [-0.1, -0.05) is 18.2 Å². The number of amides is 1. The molecule has 1 saturated heterocycles. The van der Waals surface area contributed by atoms with Gasteiger partial charge in [-0.05, 0) is 37.8 Å². The molecule has 1 aliphatic rings. The third-order valence-electron chi connectivity index (χ3n) is 3.87. The average molecular weight is 313 g/mol. The SMILES string of the molecule is Cl.O=C(NCCCCO)C1CCN(c2ccccc2)CC1. The van der Waals surface area contributed by atoms with Crippen LogP contribution in [0.5, 0.6) is 0 Å². The molecule has 1 fully saturated rings. The van der Waals surface area contributed by atoms with Crippen LogP contribution in [0.25, 0.3) is 0 Å². The number of para-hydroxylation sites is 1. The molecule has 1 aliphatic heterocycles. The smallest absolute Gasteiger partial charge is 0.223 e. The molecule has 118 valence electrons. The zero-order valence-corrected chi connectivity index (χ0v) is 13.1. The number of carbonyl (C=O) groups excluding carboxylic acids is 1. The van der Waals surface area contributed by atoms with Crippen LogP contribution < -0.4 is 10.2 Å². The predicted octanol–water partition coefficient (Wildman–Crippen LogP) is 2.21. The van der Waals surface area contributed by atoms with Crippen LogP contribution in [-0.2, 0) is 4.79 Å². The zero-order chi connectivity index (χ0) is 14.2. The molecule has 2 rings (SSSR count). The van der Waals surface area contributed by atoms with Crippen molar-refractivity contribution in [3.05, 3.63) is 30.3 Å². The first-order chi connectivity index (χ1) is 9.81. The van der Waals surface area contributed by atoms with Gasteiger partial charge in [0, 0.05) is 37.8 Å². The lowest BCUT2D eigenvalue weighted by Gasteiger charge is -2.33. The van der Waals surface area contributed by atoms with E-state index in [-0.39, 0.29) is 30.8 Å². The van der Waals surface area contributed by atoms with Crippen molar-refractivity contribution in [3.63, 3.8) is 0 Å². The monoisotopic (exact) mass is 312 g/mol. The Labute approximate surface area is 132 Å². The Morgan fingerprint density at radius 1 is 1.19 bits per heavy atom. The maximum atomic E-state index is 12.0. The molecule has 0 spiro atoms. The Balaban J connectivity index is 0.00000220. The Morgan fingerprint density at radius 2 is 1.86 bits per heavy atom. The van der Waals surface area contributed by atoms with Gasteiger partial charge < -0.3 is 15.3 Å². The molecule has 1 amide bonds. The highest BCUT2D eigenvalue weighted by Crippen LogP contribution is 2.22. The molecule has 0 aromatic heterocycles. The van der Waals surface area contributed by atoms with E-state index < -0.39 is 0 Å². The number of halogens is 1. The van der Waals surface area contributed by atoms with Crippen molar-refractivity contribution >= 4 is 24.0 Å². The number of nitrogens with zero attached hydrogens (tertiary/aromatic N) is 1. The number of aliphatic hydroxyl groups is 1. The fourth-order valence-electron chi connectivity index (χ4n) is 2.63. The van der Waals surface area contributed by atoms with Crippen molar-refractivity contribution in [1.82, 2.24) is 5.32 Å². The minimum absolute atomic E-state index is 0. The molecule has 0 atom stereocenters. The topological polar surface area (TPSA) is 52.6 Å². The summed E-state index contributed by atoms with van der Waals surface area (Å²) in [5.41, 5.74) is 1.24. The molecule has 4 nitrogen and oxygen atoms in total. The molecule has 2 N–H and O–H groups in total. The van der Waals surface area contributed by atoms with E-state index in [1.807, 2.05) is 6.07 Å². The molecule has 21 heavy (non-hydrogen) atoms. The Morgan fingerprint density at radius 3 is 2.48 bits per heavy atom. The third-order valence-corrected chi connectivity index (χ3v) is 3.87. The first-order valence-electron chi connectivity index (χ1n) is 7.50. The van der Waals surface area contributed by atoms with Crippen LogP contribution in [0.1, 0.15) is 25.7 Å². The molecular weight excluding hydrogens is 288 g/mol. The fraction of sp³-hybridized carbons (Fsp3) is 0.562. The number of unbranched alkanes of at least 4 members (excludes halogenated alkanes) is 1. The molecule has 1 aromatic carbocycles. The van der Waals surface area contributed by atoms with Gasteiger partial charge in [-0.25, -0.2) is 0 Å². The van der Waals surface area contributed by atoms with Gasteiger partial charge in [0.25, 0.3) is 0 Å². The second kappa shape index (κ2) is 9.64. The number of aliphatic hydroxyl groups excluding tert-OH is 1. The van der Waals surface area contributed by atoms with Crippen LogP contribution in [0.2, 0.25) is 0 Å². The summed E-state index contributed by atoms with van der Waals surface area (Å²) in [5, 5.41) is 11.7. The van der Waals surface area contributed by atoms with Gasteiger partial charge in [-0.15, -0.1) is 12.4 Å². The molecule has 1 aromatic rings. The lowest BCUT2D eigenvalue weighted by Crippen LogP contribution is -2.40. The molecule has 5 heteroatoms. The van der Waals surface area contributed by atoms with Crippen molar-refractivity contribution in [2.24, 2.45) is 5.92 Å². The van der Waals surface area contributed by atoms with Crippen LogP contribution in [0.3, 0.4) is 0 Å². The maximum Gasteiger partial charge on any atom is 0.223 e. The van der Waals surface area contributed by atoms with Gasteiger partial charge in [0.05, 0.1) is 0 Å². The molecular formula is C16H25ClN2O2. The number of rotatable bonds is 6. The highest BCUT2D eigenvalue weighted by Gasteiger charge is 2.24. The highest BCUT2D eigenvalue weighted by atomic mass is 35.5. The summed E-state index contributed by atoms with van der Waals surface area (Å²) in [7, 11) is 0. The van der Waals surface area contributed by atoms with E-state index in [0.29, 0.717) is 6.54 Å². The summed E-state index contributed by atoms with van der Waals surface area (Å²) in [6.45, 7) is 2.76. The minimum Gasteiger partial charge on any atom is -0.396 e. The average Bonchev–Trinajstić information content (AvgIpc) is 2.52. The van der Waals surface area contributed by atoms with Gasteiger partial charge in [-0.3, -0.25) is 4.79 Å². The van der Waals surface area contributed by atoms with Crippen molar-refractivity contribution in [1.29, 1.82) is 0 Å². The van der Waals surface area contributed by atoms with E-state index in [4.69, 9.17) is 5.11 Å². The number of piperidine rings is 1. The summed E-state index contributed by atoms with van der Waals surface area (Å²) in [6.07, 6.45) is 3.44. The number of hydrogen-bond donors (Lipinski definition) is 2. The van der Waals surface area contributed by atoms with Crippen LogP contribution >= 0.6 is 12.4 Å². The van der Waals surface area contributed by atoms with Gasteiger partial charge in [-0.2, -0.15) is 0 Å². The van der Waals surface area contributed by atoms with Crippen molar-refractivity contribution in [3.8, 4) is 0 Å². The summed E-state index contributed by atoms with van der Waals surface area (Å²) < 4.78 is 0. The second-order valence-electron chi connectivity index (χ2n) is 5.32. The Hall–Kier alpha value is -1.26. The van der Waals surface area contributed by atoms with Crippen LogP contribution in [-0.4, -0.2) is 37.3 Å². The van der Waals surface area contributed by atoms with Gasteiger partial charge in [0.15, 0.2) is 0 Å². The molecule has 0 aliphatic carbocycles. The first-order valence-corrected chi connectivity index (χ1v) is 7.50. The zero-order valence-electron chi connectivity index (χ0n) is 12.3. The second-order valence-corrected chi connectivity index (χ2v) is 5.32. The number of carbonyl (C=O) groups is 1. The largest absolute Gasteiger partial charge is 0.396 e. The fourth-order valence-corrected chi connectivity index (χ4v) is 2.63. The van der Waals surface area contributed by atoms with Gasteiger partial charge in [0.1, 0.15) is 0 Å². The molecule has 0 radical (unpaired) electrons. The van der Waals surface area contributed by atoms with Crippen molar-refractivity contribution in [2.75, 3.05) is 31.1 Å². The van der Waals surface area contributed by atoms with Crippen molar-refractivity contribution in [2.45, 2.75) is 25.7 Å². The van der Waals surface area contributed by atoms with Crippen LogP contribution in [0.4, 0.5) is 5.69 Å². The van der Waals surface area contributed by atoms with E-state index in [2.05, 4.69) is 34.5 Å². The Kier molecular flexibility index (Phi) is 8.16. The molecule has 0 unspecified atom stereocenters. The molecule has 1 heterocycles. The normalized spacial score (nSPS) is 15.4.